The van der Waals surface area contributed by atoms with Gasteiger partial charge in [-0.2, -0.15) is 0 Å². The maximum Gasteiger partial charge on any atom is 0.301 e. The number of carbonyl (C=O) groups is 2. The van der Waals surface area contributed by atoms with Crippen molar-refractivity contribution in [3.63, 3.8) is 0 Å². The Morgan fingerprint density at radius 2 is 2.00 bits per heavy atom. The number of non-ortho nitro benzene ring substituents is 1. The van der Waals surface area contributed by atoms with Gasteiger partial charge in [0.2, 0.25) is 0 Å². The Balaban J connectivity index is 1.56. The molecule has 1 aromatic heterocycles. The van der Waals surface area contributed by atoms with Crippen molar-refractivity contribution < 1.29 is 28.7 Å². The van der Waals surface area contributed by atoms with Gasteiger partial charge >= 0.3 is 5.91 Å². The molecule has 1 amide bonds. The minimum atomic E-state index is -1.20. The lowest BCUT2D eigenvalue weighted by Crippen LogP contribution is -2.29. The number of aliphatic hydroxyl groups is 1. The maximum absolute atomic E-state index is 13.8. The summed E-state index contributed by atoms with van der Waals surface area (Å²) in [5.41, 5.74) is 1.33. The SMILES string of the molecule is C[C@@H]1Cc2cc(/C(O)=C3\C(=O)C(=O)N(c4nc5ccc(F)cc5s4)[C@H]3c3cccc([N+](=O)[O-])c3)ccc2O1. The highest BCUT2D eigenvalue weighted by Crippen LogP contribution is 2.45. The number of nitro benzene ring substituents is 1. The second-order valence-corrected chi connectivity index (χ2v) is 10.1. The van der Waals surface area contributed by atoms with Crippen molar-refractivity contribution >= 4 is 49.8 Å². The molecular weight excluding hydrogens is 513 g/mol. The predicted molar refractivity (Wildman–Crippen MR) is 138 cm³/mol. The number of aromatic nitrogens is 1. The summed E-state index contributed by atoms with van der Waals surface area (Å²) in [5.74, 6) is -2.15. The average molecular weight is 532 g/mol. The van der Waals surface area contributed by atoms with Crippen LogP contribution < -0.4 is 9.64 Å². The number of aliphatic hydroxyl groups excluding tert-OH is 1. The molecule has 1 saturated heterocycles. The third kappa shape index (κ3) is 3.79. The van der Waals surface area contributed by atoms with Crippen LogP contribution in [0.5, 0.6) is 5.75 Å². The molecule has 2 aliphatic heterocycles. The number of hydrogen-bond acceptors (Lipinski definition) is 8. The fourth-order valence-electron chi connectivity index (χ4n) is 4.87. The van der Waals surface area contributed by atoms with E-state index in [2.05, 4.69) is 4.98 Å². The topological polar surface area (TPSA) is 123 Å². The fraction of sp³-hybridized carbons (Fsp3) is 0.148. The van der Waals surface area contributed by atoms with Crippen LogP contribution in [-0.4, -0.2) is 32.8 Å². The van der Waals surface area contributed by atoms with E-state index in [-0.39, 0.29) is 28.1 Å². The molecular formula is C27H18FN3O6S. The Morgan fingerprint density at radius 3 is 2.79 bits per heavy atom. The summed E-state index contributed by atoms with van der Waals surface area (Å²) in [6.45, 7) is 1.91. The Morgan fingerprint density at radius 1 is 1.18 bits per heavy atom. The fourth-order valence-corrected chi connectivity index (χ4v) is 5.88. The lowest BCUT2D eigenvalue weighted by atomic mass is 9.94. The number of Topliss-reactive ketones (excluding diaryl/α,β-unsaturated/α-hetero) is 1. The second-order valence-electron chi connectivity index (χ2n) is 9.08. The van der Waals surface area contributed by atoms with Crippen LogP contribution >= 0.6 is 11.3 Å². The van der Waals surface area contributed by atoms with Gasteiger partial charge in [0.1, 0.15) is 23.4 Å². The summed E-state index contributed by atoms with van der Waals surface area (Å²) >= 11 is 0.997. The molecule has 38 heavy (non-hydrogen) atoms. The van der Waals surface area contributed by atoms with Crippen molar-refractivity contribution in [2.24, 2.45) is 0 Å². The van der Waals surface area contributed by atoms with Gasteiger partial charge < -0.3 is 9.84 Å². The van der Waals surface area contributed by atoms with Crippen molar-refractivity contribution in [2.45, 2.75) is 25.5 Å². The number of ether oxygens (including phenoxy) is 1. The molecule has 1 N–H and O–H groups in total. The van der Waals surface area contributed by atoms with E-state index >= 15 is 0 Å². The first-order chi connectivity index (χ1) is 18.2. The van der Waals surface area contributed by atoms with Crippen molar-refractivity contribution in [3.05, 3.63) is 98.9 Å². The van der Waals surface area contributed by atoms with Crippen LogP contribution in [0.25, 0.3) is 16.0 Å². The van der Waals surface area contributed by atoms with E-state index in [9.17, 15) is 29.2 Å². The molecule has 3 aromatic carbocycles. The highest BCUT2D eigenvalue weighted by Gasteiger charge is 2.48. The summed E-state index contributed by atoms with van der Waals surface area (Å²) < 4.78 is 20.0. The monoisotopic (exact) mass is 531 g/mol. The van der Waals surface area contributed by atoms with Crippen molar-refractivity contribution in [3.8, 4) is 5.75 Å². The summed E-state index contributed by atoms with van der Waals surface area (Å²) in [6.07, 6.45) is 0.572. The highest BCUT2D eigenvalue weighted by molar-refractivity contribution is 7.22. The van der Waals surface area contributed by atoms with Crippen molar-refractivity contribution in [2.75, 3.05) is 4.90 Å². The van der Waals surface area contributed by atoms with Gasteiger partial charge in [-0.3, -0.25) is 24.6 Å². The first-order valence-corrected chi connectivity index (χ1v) is 12.4. The zero-order valence-electron chi connectivity index (χ0n) is 19.8. The zero-order valence-corrected chi connectivity index (χ0v) is 20.6. The van der Waals surface area contributed by atoms with Gasteiger partial charge in [-0.15, -0.1) is 0 Å². The first-order valence-electron chi connectivity index (χ1n) is 11.6. The molecule has 190 valence electrons. The van der Waals surface area contributed by atoms with E-state index in [1.807, 2.05) is 6.92 Å². The molecule has 0 aliphatic carbocycles. The summed E-state index contributed by atoms with van der Waals surface area (Å²) in [4.78, 5) is 43.3. The van der Waals surface area contributed by atoms with Gasteiger partial charge in [-0.1, -0.05) is 23.5 Å². The standard InChI is InChI=1S/C27H18FN3O6S/c1-13-9-16-10-15(5-8-20(16)37-13)24(32)22-23(14-3-2-4-18(11-14)31(35)36)30(26(34)25(22)33)27-29-19-7-6-17(28)12-21(19)38-27/h2-8,10-13,23,32H,9H2,1H3/b24-22+/t13-,23+/m1/s1. The number of hydrogen-bond donors (Lipinski definition) is 1. The molecule has 4 aromatic rings. The number of nitro groups is 1. The molecule has 11 heteroatoms. The van der Waals surface area contributed by atoms with E-state index in [4.69, 9.17) is 4.74 Å². The molecule has 6 rings (SSSR count). The van der Waals surface area contributed by atoms with Crippen LogP contribution in [0.1, 0.15) is 29.7 Å². The molecule has 1 fully saturated rings. The molecule has 2 atom stereocenters. The Hall–Kier alpha value is -4.64. The Kier molecular flexibility index (Phi) is 5.46. The number of halogens is 1. The summed E-state index contributed by atoms with van der Waals surface area (Å²) in [6, 6.07) is 13.2. The number of amides is 1. The van der Waals surface area contributed by atoms with E-state index in [0.717, 1.165) is 21.8 Å². The van der Waals surface area contributed by atoms with Crippen LogP contribution in [0.2, 0.25) is 0 Å². The minimum absolute atomic E-state index is 0.0401. The number of nitrogens with zero attached hydrogens (tertiary/aromatic N) is 3. The molecule has 3 heterocycles. The van der Waals surface area contributed by atoms with Crippen LogP contribution in [0.4, 0.5) is 15.2 Å². The number of ketones is 1. The van der Waals surface area contributed by atoms with Gasteiger partial charge in [0, 0.05) is 24.1 Å². The average Bonchev–Trinajstić information content (AvgIpc) is 3.55. The highest BCUT2D eigenvalue weighted by atomic mass is 32.1. The van der Waals surface area contributed by atoms with Crippen molar-refractivity contribution in [1.82, 2.24) is 4.98 Å². The number of thiazole rings is 1. The second kappa shape index (κ2) is 8.73. The number of anilines is 1. The third-order valence-corrected chi connectivity index (χ3v) is 7.57. The van der Waals surface area contributed by atoms with Gasteiger partial charge in [-0.25, -0.2) is 9.37 Å². The van der Waals surface area contributed by atoms with Crippen LogP contribution in [-0.2, 0) is 16.0 Å². The minimum Gasteiger partial charge on any atom is -0.507 e. The molecule has 0 bridgehead atoms. The summed E-state index contributed by atoms with van der Waals surface area (Å²) in [5, 5.41) is 23.0. The normalized spacial score (nSPS) is 20.1. The summed E-state index contributed by atoms with van der Waals surface area (Å²) in [7, 11) is 0. The Labute approximate surface area is 218 Å². The zero-order chi connectivity index (χ0) is 26.7. The van der Waals surface area contributed by atoms with E-state index in [1.54, 1.807) is 18.2 Å². The lowest BCUT2D eigenvalue weighted by Gasteiger charge is -2.22. The largest absolute Gasteiger partial charge is 0.507 e. The number of benzene rings is 3. The van der Waals surface area contributed by atoms with E-state index < -0.39 is 34.2 Å². The van der Waals surface area contributed by atoms with Crippen LogP contribution in [0.15, 0.2) is 66.2 Å². The van der Waals surface area contributed by atoms with Crippen LogP contribution in [0.3, 0.4) is 0 Å². The molecule has 0 saturated carbocycles. The van der Waals surface area contributed by atoms with E-state index in [0.29, 0.717) is 28.0 Å². The molecule has 0 spiro atoms. The van der Waals surface area contributed by atoms with E-state index in [1.165, 1.54) is 42.5 Å². The maximum atomic E-state index is 13.8. The van der Waals surface area contributed by atoms with Gasteiger partial charge in [0.25, 0.3) is 11.5 Å². The lowest BCUT2D eigenvalue weighted by molar-refractivity contribution is -0.384. The molecule has 2 aliphatic rings. The Bertz CT molecular complexity index is 1710. The van der Waals surface area contributed by atoms with Gasteiger partial charge in [0.15, 0.2) is 5.13 Å². The number of fused-ring (bicyclic) bond motifs is 2. The van der Waals surface area contributed by atoms with Gasteiger partial charge in [0.05, 0.1) is 26.8 Å². The van der Waals surface area contributed by atoms with Gasteiger partial charge in [-0.05, 0) is 54.4 Å². The van der Waals surface area contributed by atoms with Crippen molar-refractivity contribution in [1.29, 1.82) is 0 Å². The third-order valence-electron chi connectivity index (χ3n) is 6.56. The quantitative estimate of drug-likeness (QED) is 0.125. The number of carbonyl (C=O) groups excluding carboxylic acids is 2. The molecule has 9 nitrogen and oxygen atoms in total. The molecule has 0 radical (unpaired) electrons. The smallest absolute Gasteiger partial charge is 0.301 e. The van der Waals surface area contributed by atoms with Crippen LogP contribution in [0, 0.1) is 15.9 Å². The predicted octanol–water partition coefficient (Wildman–Crippen LogP) is 5.29. The molecule has 0 unspecified atom stereocenters. The number of rotatable bonds is 4. The first kappa shape index (κ1) is 23.7.